The molecule has 0 unspecified atom stereocenters. The molecule has 1 N–H and O–H groups in total. The molecule has 1 saturated carbocycles. The van der Waals surface area contributed by atoms with Gasteiger partial charge in [0.15, 0.2) is 0 Å². The highest BCUT2D eigenvalue weighted by molar-refractivity contribution is 5.24. The lowest BCUT2D eigenvalue weighted by Crippen LogP contribution is -2.40. The third-order valence-electron chi connectivity index (χ3n) is 4.06. The number of hydrogen-bond acceptors (Lipinski definition) is 3. The molecular formula is C17H26FNO2. The van der Waals surface area contributed by atoms with Crippen molar-refractivity contribution in [2.75, 3.05) is 33.5 Å². The van der Waals surface area contributed by atoms with E-state index in [9.17, 15) is 4.39 Å². The molecule has 1 aromatic carbocycles. The van der Waals surface area contributed by atoms with E-state index in [1.54, 1.807) is 19.2 Å². The first-order valence-electron chi connectivity index (χ1n) is 7.85. The molecule has 0 aromatic heterocycles. The van der Waals surface area contributed by atoms with Gasteiger partial charge in [0, 0.05) is 19.8 Å². The van der Waals surface area contributed by atoms with Crippen molar-refractivity contribution >= 4 is 0 Å². The van der Waals surface area contributed by atoms with Crippen LogP contribution in [0.15, 0.2) is 24.3 Å². The quantitative estimate of drug-likeness (QED) is 0.673. The van der Waals surface area contributed by atoms with Crippen LogP contribution in [0.4, 0.5) is 4.39 Å². The first kappa shape index (κ1) is 16.4. The number of benzene rings is 1. The van der Waals surface area contributed by atoms with Crippen molar-refractivity contribution in [1.29, 1.82) is 0 Å². The van der Waals surface area contributed by atoms with Crippen LogP contribution in [0, 0.1) is 5.82 Å². The van der Waals surface area contributed by atoms with Crippen LogP contribution < -0.4 is 5.32 Å². The Kier molecular flexibility index (Phi) is 7.13. The topological polar surface area (TPSA) is 30.5 Å². The number of methoxy groups -OCH3 is 1. The van der Waals surface area contributed by atoms with Gasteiger partial charge in [0.1, 0.15) is 5.82 Å². The summed E-state index contributed by atoms with van der Waals surface area (Å²) in [6.07, 6.45) is 4.28. The maximum atomic E-state index is 13.6. The number of halogens is 1. The molecule has 4 heteroatoms. The number of unbranched alkanes of at least 4 members (excludes halogenated alkanes) is 1. The molecule has 2 rings (SSSR count). The highest BCUT2D eigenvalue weighted by atomic mass is 19.1. The minimum atomic E-state index is -0.0610. The molecule has 0 saturated heterocycles. The lowest BCUT2D eigenvalue weighted by Gasteiger charge is -2.36. The van der Waals surface area contributed by atoms with Gasteiger partial charge in [0.25, 0.3) is 0 Å². The Bertz CT molecular complexity index is 408. The molecule has 3 nitrogen and oxygen atoms in total. The van der Waals surface area contributed by atoms with Crippen molar-refractivity contribution in [3.63, 3.8) is 0 Å². The third-order valence-corrected chi connectivity index (χ3v) is 4.06. The van der Waals surface area contributed by atoms with Crippen molar-refractivity contribution < 1.29 is 13.9 Å². The first-order valence-corrected chi connectivity index (χ1v) is 7.85. The summed E-state index contributed by atoms with van der Waals surface area (Å²) in [6.45, 7) is 3.16. The Labute approximate surface area is 126 Å². The Morgan fingerprint density at radius 2 is 1.95 bits per heavy atom. The zero-order chi connectivity index (χ0) is 14.9. The zero-order valence-electron chi connectivity index (χ0n) is 12.8. The Morgan fingerprint density at radius 3 is 2.71 bits per heavy atom. The molecule has 118 valence electrons. The van der Waals surface area contributed by atoms with E-state index in [-0.39, 0.29) is 5.82 Å². The molecule has 1 aliphatic rings. The fourth-order valence-corrected chi connectivity index (χ4v) is 2.72. The normalized spacial score (nSPS) is 21.2. The standard InChI is InChI=1S/C17H26FNO2/c1-20-10-11-21-9-5-4-8-19-15-12-14(13-15)16-6-2-3-7-17(16)18/h2-3,6-7,14-15,19H,4-5,8-13H2,1H3. The second-order valence-corrected chi connectivity index (χ2v) is 5.65. The average Bonchev–Trinajstić information content (AvgIpc) is 2.45. The summed E-state index contributed by atoms with van der Waals surface area (Å²) in [5.41, 5.74) is 0.877. The van der Waals surface area contributed by atoms with Gasteiger partial charge in [0.2, 0.25) is 0 Å². The summed E-state index contributed by atoms with van der Waals surface area (Å²) < 4.78 is 24.0. The highest BCUT2D eigenvalue weighted by Crippen LogP contribution is 2.37. The second kappa shape index (κ2) is 9.13. The molecule has 0 spiro atoms. The third kappa shape index (κ3) is 5.38. The molecule has 0 heterocycles. The summed E-state index contributed by atoms with van der Waals surface area (Å²) in [4.78, 5) is 0. The lowest BCUT2D eigenvalue weighted by molar-refractivity contribution is 0.0686. The van der Waals surface area contributed by atoms with Gasteiger partial charge in [-0.05, 0) is 49.8 Å². The monoisotopic (exact) mass is 295 g/mol. The molecule has 0 bridgehead atoms. The molecule has 0 atom stereocenters. The van der Waals surface area contributed by atoms with Gasteiger partial charge in [-0.3, -0.25) is 0 Å². The van der Waals surface area contributed by atoms with Gasteiger partial charge in [-0.15, -0.1) is 0 Å². The Balaban J connectivity index is 1.49. The minimum absolute atomic E-state index is 0.0610. The molecule has 21 heavy (non-hydrogen) atoms. The number of nitrogens with one attached hydrogen (secondary N) is 1. The molecule has 1 aromatic rings. The smallest absolute Gasteiger partial charge is 0.126 e. The molecule has 1 aliphatic carbocycles. The first-order chi connectivity index (χ1) is 10.3. The van der Waals surface area contributed by atoms with E-state index in [0.717, 1.165) is 44.4 Å². The van der Waals surface area contributed by atoms with Crippen molar-refractivity contribution in [2.24, 2.45) is 0 Å². The second-order valence-electron chi connectivity index (χ2n) is 5.65. The maximum absolute atomic E-state index is 13.6. The molecule has 0 amide bonds. The molecule has 0 radical (unpaired) electrons. The average molecular weight is 295 g/mol. The van der Waals surface area contributed by atoms with Crippen LogP contribution in [-0.2, 0) is 9.47 Å². The summed E-state index contributed by atoms with van der Waals surface area (Å²) in [6, 6.07) is 7.68. The van der Waals surface area contributed by atoms with Crippen LogP contribution in [0.1, 0.15) is 37.2 Å². The summed E-state index contributed by atoms with van der Waals surface area (Å²) in [7, 11) is 1.68. The van der Waals surface area contributed by atoms with E-state index in [2.05, 4.69) is 5.32 Å². The Morgan fingerprint density at radius 1 is 1.14 bits per heavy atom. The predicted molar refractivity (Wildman–Crippen MR) is 82.1 cm³/mol. The lowest BCUT2D eigenvalue weighted by atomic mass is 9.75. The Hall–Kier alpha value is -0.970. The van der Waals surface area contributed by atoms with Crippen molar-refractivity contribution in [2.45, 2.75) is 37.6 Å². The zero-order valence-corrected chi connectivity index (χ0v) is 12.8. The SMILES string of the molecule is COCCOCCCCNC1CC(c2ccccc2F)C1. The fourth-order valence-electron chi connectivity index (χ4n) is 2.72. The van der Waals surface area contributed by atoms with E-state index in [0.29, 0.717) is 25.2 Å². The van der Waals surface area contributed by atoms with Gasteiger partial charge in [-0.1, -0.05) is 18.2 Å². The van der Waals surface area contributed by atoms with Gasteiger partial charge in [-0.25, -0.2) is 4.39 Å². The fraction of sp³-hybridized carbons (Fsp3) is 0.647. The molecular weight excluding hydrogens is 269 g/mol. The van der Waals surface area contributed by atoms with Crippen molar-refractivity contribution in [1.82, 2.24) is 5.32 Å². The van der Waals surface area contributed by atoms with E-state index < -0.39 is 0 Å². The largest absolute Gasteiger partial charge is 0.382 e. The van der Waals surface area contributed by atoms with E-state index in [4.69, 9.17) is 9.47 Å². The van der Waals surface area contributed by atoms with Crippen LogP contribution in [0.5, 0.6) is 0 Å². The van der Waals surface area contributed by atoms with Gasteiger partial charge in [0.05, 0.1) is 13.2 Å². The molecule has 0 aliphatic heterocycles. The van der Waals surface area contributed by atoms with Crippen molar-refractivity contribution in [3.8, 4) is 0 Å². The van der Waals surface area contributed by atoms with Gasteiger partial charge in [-0.2, -0.15) is 0 Å². The van der Waals surface area contributed by atoms with Crippen LogP contribution >= 0.6 is 0 Å². The van der Waals surface area contributed by atoms with Crippen LogP contribution in [0.25, 0.3) is 0 Å². The van der Waals surface area contributed by atoms with Crippen LogP contribution in [0.2, 0.25) is 0 Å². The van der Waals surface area contributed by atoms with Gasteiger partial charge >= 0.3 is 0 Å². The highest BCUT2D eigenvalue weighted by Gasteiger charge is 2.31. The van der Waals surface area contributed by atoms with E-state index >= 15 is 0 Å². The van der Waals surface area contributed by atoms with E-state index in [1.165, 1.54) is 0 Å². The maximum Gasteiger partial charge on any atom is 0.126 e. The van der Waals surface area contributed by atoms with Crippen LogP contribution in [-0.4, -0.2) is 39.5 Å². The molecule has 1 fully saturated rings. The van der Waals surface area contributed by atoms with Gasteiger partial charge < -0.3 is 14.8 Å². The number of hydrogen-bond donors (Lipinski definition) is 1. The summed E-state index contributed by atoms with van der Waals surface area (Å²) in [5, 5.41) is 3.54. The van der Waals surface area contributed by atoms with Crippen LogP contribution in [0.3, 0.4) is 0 Å². The predicted octanol–water partition coefficient (Wildman–Crippen LogP) is 3.10. The minimum Gasteiger partial charge on any atom is -0.382 e. The summed E-state index contributed by atoms with van der Waals surface area (Å²) in [5.74, 6) is 0.329. The number of ether oxygens (including phenoxy) is 2. The number of rotatable bonds is 10. The van der Waals surface area contributed by atoms with Crippen molar-refractivity contribution in [3.05, 3.63) is 35.6 Å². The summed E-state index contributed by atoms with van der Waals surface area (Å²) >= 11 is 0. The van der Waals surface area contributed by atoms with E-state index in [1.807, 2.05) is 12.1 Å².